The van der Waals surface area contributed by atoms with Gasteiger partial charge >= 0.3 is 0 Å². The van der Waals surface area contributed by atoms with Crippen molar-refractivity contribution in [2.75, 3.05) is 7.11 Å². The number of carbonyl (C=O) groups excluding carboxylic acids is 1. The van der Waals surface area contributed by atoms with Gasteiger partial charge in [0.1, 0.15) is 12.0 Å². The molecule has 0 bridgehead atoms. The number of nitrogens with one attached hydrogen (secondary N) is 1. The molecule has 2 rings (SSSR count). The highest BCUT2D eigenvalue weighted by atomic mass is 16.3. The van der Waals surface area contributed by atoms with Crippen LogP contribution in [0.5, 0.6) is 5.75 Å². The Kier molecular flexibility index (Phi) is 8.71. The lowest BCUT2D eigenvalue weighted by atomic mass is 10.0. The van der Waals surface area contributed by atoms with E-state index in [1.165, 1.54) is 5.56 Å². The topological polar surface area (TPSA) is 69.6 Å². The van der Waals surface area contributed by atoms with Crippen LogP contribution in [0.3, 0.4) is 0 Å². The van der Waals surface area contributed by atoms with Crippen LogP contribution in [0.1, 0.15) is 37.7 Å². The molecular weight excluding hydrogens is 314 g/mol. The van der Waals surface area contributed by atoms with E-state index in [1.807, 2.05) is 24.3 Å². The fourth-order valence-electron chi connectivity index (χ4n) is 2.56. The molecule has 3 N–H and O–H groups in total. The Hall–Kier alpha value is -2.33. The summed E-state index contributed by atoms with van der Waals surface area (Å²) in [5.74, 6) is 0.307. The number of phenols is 1. The molecule has 0 saturated heterocycles. The van der Waals surface area contributed by atoms with Gasteiger partial charge in [0.2, 0.25) is 0 Å². The van der Waals surface area contributed by atoms with Crippen molar-refractivity contribution < 1.29 is 15.0 Å². The van der Waals surface area contributed by atoms with E-state index in [4.69, 9.17) is 5.11 Å². The number of rotatable bonds is 10. The second-order valence-electron chi connectivity index (χ2n) is 6.29. The molecular formula is C21H29NO3. The molecule has 0 aromatic heterocycles. The zero-order chi connectivity index (χ0) is 18.7. The first kappa shape index (κ1) is 20.7. The summed E-state index contributed by atoms with van der Waals surface area (Å²) >= 11 is 0. The number of hydrogen-bond acceptors (Lipinski definition) is 4. The van der Waals surface area contributed by atoms with E-state index in [9.17, 15) is 9.90 Å². The molecule has 136 valence electrons. The monoisotopic (exact) mass is 343 g/mol. The molecule has 0 radical (unpaired) electrons. The second kappa shape index (κ2) is 10.5. The van der Waals surface area contributed by atoms with Crippen LogP contribution >= 0.6 is 0 Å². The summed E-state index contributed by atoms with van der Waals surface area (Å²) in [7, 11) is 1.00. The Bertz CT molecular complexity index is 598. The van der Waals surface area contributed by atoms with Crippen LogP contribution in [-0.2, 0) is 11.2 Å². The van der Waals surface area contributed by atoms with E-state index in [-0.39, 0.29) is 5.54 Å². The maximum Gasteiger partial charge on any atom is 0.120 e. The Balaban J connectivity index is 0.00000151. The van der Waals surface area contributed by atoms with Gasteiger partial charge in [-0.05, 0) is 55.9 Å². The van der Waals surface area contributed by atoms with Crippen molar-refractivity contribution >= 4 is 6.29 Å². The summed E-state index contributed by atoms with van der Waals surface area (Å²) in [6, 6.07) is 7.40. The van der Waals surface area contributed by atoms with Gasteiger partial charge < -0.3 is 20.3 Å². The molecule has 1 saturated carbocycles. The van der Waals surface area contributed by atoms with Crippen molar-refractivity contribution in [3.05, 3.63) is 66.4 Å². The Labute approximate surface area is 150 Å². The lowest BCUT2D eigenvalue weighted by Gasteiger charge is -2.19. The standard InChI is InChI=1S/C20H25NO2.CH4O/c1-16(4-3-15-22)5-6-17(2)21-20(13-14-20)12-11-18-7-9-19(23)10-8-18;1-2/h5-10,15,21,23H,1-4,11-14H2;2H,1H3/b6-5-;. The third-order valence-electron chi connectivity index (χ3n) is 4.21. The molecule has 0 atom stereocenters. The van der Waals surface area contributed by atoms with Crippen LogP contribution in [0, 0.1) is 0 Å². The van der Waals surface area contributed by atoms with Crippen LogP contribution in [0.2, 0.25) is 0 Å². The minimum atomic E-state index is 0.156. The number of allylic oxidation sites excluding steroid dienone is 3. The van der Waals surface area contributed by atoms with Gasteiger partial charge in [0.25, 0.3) is 0 Å². The van der Waals surface area contributed by atoms with Gasteiger partial charge in [0.05, 0.1) is 0 Å². The molecule has 1 aliphatic carbocycles. The maximum absolute atomic E-state index is 10.3. The highest BCUT2D eigenvalue weighted by Crippen LogP contribution is 2.40. The third-order valence-corrected chi connectivity index (χ3v) is 4.21. The van der Waals surface area contributed by atoms with Crippen molar-refractivity contribution in [2.45, 2.75) is 44.1 Å². The smallest absolute Gasteiger partial charge is 0.120 e. The predicted molar refractivity (Wildman–Crippen MR) is 102 cm³/mol. The first-order chi connectivity index (χ1) is 12.0. The first-order valence-electron chi connectivity index (χ1n) is 8.52. The molecule has 1 aliphatic rings. The minimum Gasteiger partial charge on any atom is -0.508 e. The Morgan fingerprint density at radius 1 is 1.20 bits per heavy atom. The molecule has 25 heavy (non-hydrogen) atoms. The molecule has 1 fully saturated rings. The number of aliphatic hydroxyl groups excluding tert-OH is 1. The van der Waals surface area contributed by atoms with E-state index in [1.54, 1.807) is 12.1 Å². The third kappa shape index (κ3) is 7.86. The number of aldehydes is 1. The average molecular weight is 343 g/mol. The maximum atomic E-state index is 10.3. The van der Waals surface area contributed by atoms with E-state index in [2.05, 4.69) is 18.5 Å². The van der Waals surface area contributed by atoms with E-state index in [0.29, 0.717) is 18.6 Å². The average Bonchev–Trinajstić information content (AvgIpc) is 3.39. The summed E-state index contributed by atoms with van der Waals surface area (Å²) in [5.41, 5.74) is 3.22. The van der Waals surface area contributed by atoms with Gasteiger partial charge in [0.15, 0.2) is 0 Å². The SMILES string of the molecule is C=C(/C=C\C(=C)NC1(CCc2ccc(O)cc2)CC1)CCC=O.CO. The summed E-state index contributed by atoms with van der Waals surface area (Å²) < 4.78 is 0. The molecule has 4 nitrogen and oxygen atoms in total. The van der Waals surface area contributed by atoms with Crippen molar-refractivity contribution in [1.82, 2.24) is 5.32 Å². The second-order valence-corrected chi connectivity index (χ2v) is 6.29. The molecule has 4 heteroatoms. The summed E-state index contributed by atoms with van der Waals surface area (Å²) in [6.45, 7) is 7.98. The van der Waals surface area contributed by atoms with Crippen LogP contribution < -0.4 is 5.32 Å². The predicted octanol–water partition coefficient (Wildman–Crippen LogP) is 3.66. The Morgan fingerprint density at radius 2 is 1.84 bits per heavy atom. The molecule has 1 aromatic rings. The fourth-order valence-corrected chi connectivity index (χ4v) is 2.56. The highest BCUT2D eigenvalue weighted by molar-refractivity contribution is 5.50. The van der Waals surface area contributed by atoms with Gasteiger partial charge in [-0.25, -0.2) is 0 Å². The van der Waals surface area contributed by atoms with Gasteiger partial charge in [-0.15, -0.1) is 0 Å². The number of hydrogen-bond donors (Lipinski definition) is 3. The van der Waals surface area contributed by atoms with Crippen LogP contribution in [0.25, 0.3) is 0 Å². The normalized spacial score (nSPS) is 14.3. The van der Waals surface area contributed by atoms with Crippen LogP contribution in [-0.4, -0.2) is 29.1 Å². The largest absolute Gasteiger partial charge is 0.508 e. The van der Waals surface area contributed by atoms with Gasteiger partial charge in [-0.2, -0.15) is 0 Å². The Morgan fingerprint density at radius 3 is 2.40 bits per heavy atom. The van der Waals surface area contributed by atoms with Gasteiger partial charge in [-0.3, -0.25) is 0 Å². The van der Waals surface area contributed by atoms with E-state index < -0.39 is 0 Å². The molecule has 0 unspecified atom stereocenters. The van der Waals surface area contributed by atoms with Crippen molar-refractivity contribution in [3.8, 4) is 5.75 Å². The van der Waals surface area contributed by atoms with Gasteiger partial charge in [-0.1, -0.05) is 36.9 Å². The zero-order valence-corrected chi connectivity index (χ0v) is 15.0. The number of aryl methyl sites for hydroxylation is 1. The molecule has 1 aromatic carbocycles. The van der Waals surface area contributed by atoms with Gasteiger partial charge in [0, 0.05) is 24.8 Å². The molecule has 0 spiro atoms. The lowest BCUT2D eigenvalue weighted by molar-refractivity contribution is -0.107. The molecule has 0 aliphatic heterocycles. The zero-order valence-electron chi connectivity index (χ0n) is 15.0. The van der Waals surface area contributed by atoms with Crippen molar-refractivity contribution in [3.63, 3.8) is 0 Å². The van der Waals surface area contributed by atoms with Crippen LogP contribution in [0.4, 0.5) is 0 Å². The number of aliphatic hydroxyl groups is 1. The first-order valence-corrected chi connectivity index (χ1v) is 8.52. The number of benzene rings is 1. The summed E-state index contributed by atoms with van der Waals surface area (Å²) in [5, 5.41) is 19.8. The summed E-state index contributed by atoms with van der Waals surface area (Å²) in [4.78, 5) is 10.3. The quantitative estimate of drug-likeness (QED) is 0.448. The lowest BCUT2D eigenvalue weighted by Crippen LogP contribution is -2.30. The molecule has 0 amide bonds. The van der Waals surface area contributed by atoms with E-state index >= 15 is 0 Å². The number of carbonyl (C=O) groups is 1. The number of phenolic OH excluding ortho intramolecular Hbond substituents is 1. The fraction of sp³-hybridized carbons (Fsp3) is 0.381. The summed E-state index contributed by atoms with van der Waals surface area (Å²) in [6.07, 6.45) is 10.3. The number of aromatic hydroxyl groups is 1. The van der Waals surface area contributed by atoms with Crippen LogP contribution in [0.15, 0.2) is 60.8 Å². The van der Waals surface area contributed by atoms with E-state index in [0.717, 1.165) is 50.3 Å². The highest BCUT2D eigenvalue weighted by Gasteiger charge is 2.41. The van der Waals surface area contributed by atoms with Crippen molar-refractivity contribution in [1.29, 1.82) is 0 Å². The molecule has 0 heterocycles. The minimum absolute atomic E-state index is 0.156. The van der Waals surface area contributed by atoms with Crippen molar-refractivity contribution in [2.24, 2.45) is 0 Å².